The van der Waals surface area contributed by atoms with Gasteiger partial charge in [-0.25, -0.2) is 0 Å². The molecule has 2 N–H and O–H groups in total. The molecule has 0 radical (unpaired) electrons. The number of ether oxygens (including phenoxy) is 3. The average molecular weight is 451 g/mol. The maximum absolute atomic E-state index is 12.6. The molecular formula is C24H22N2O5S. The number of amides is 2. The molecule has 0 saturated carbocycles. The lowest BCUT2D eigenvalue weighted by atomic mass is 10.2. The number of carbonyl (C=O) groups is 2. The van der Waals surface area contributed by atoms with Crippen LogP contribution in [0.25, 0.3) is 0 Å². The minimum absolute atomic E-state index is 0.139. The number of hydrogen-bond donors (Lipinski definition) is 2. The normalized spacial score (nSPS) is 12.7. The van der Waals surface area contributed by atoms with Crippen molar-refractivity contribution in [1.82, 2.24) is 0 Å². The Balaban J connectivity index is 1.37. The highest BCUT2D eigenvalue weighted by Gasteiger charge is 2.18. The van der Waals surface area contributed by atoms with Crippen LogP contribution in [0.5, 0.6) is 17.2 Å². The van der Waals surface area contributed by atoms with Gasteiger partial charge in [-0.1, -0.05) is 12.1 Å². The highest BCUT2D eigenvalue weighted by molar-refractivity contribution is 8.00. The van der Waals surface area contributed by atoms with Crippen molar-refractivity contribution in [3.8, 4) is 17.2 Å². The zero-order valence-corrected chi connectivity index (χ0v) is 18.4. The van der Waals surface area contributed by atoms with Crippen molar-refractivity contribution in [2.45, 2.75) is 17.1 Å². The summed E-state index contributed by atoms with van der Waals surface area (Å²) in [7, 11) is 1.56. The minimum atomic E-state index is -0.357. The second kappa shape index (κ2) is 9.65. The summed E-state index contributed by atoms with van der Waals surface area (Å²) in [5.41, 5.74) is 1.79. The molecule has 32 heavy (non-hydrogen) atoms. The summed E-state index contributed by atoms with van der Waals surface area (Å²) < 4.78 is 15.8. The number of fused-ring (bicyclic) bond motifs is 1. The molecule has 0 spiro atoms. The van der Waals surface area contributed by atoms with Gasteiger partial charge in [0.25, 0.3) is 5.91 Å². The number of nitrogens with one attached hydrogen (secondary N) is 2. The number of methoxy groups -OCH3 is 1. The molecule has 1 atom stereocenters. The quantitative estimate of drug-likeness (QED) is 0.503. The van der Waals surface area contributed by atoms with Crippen LogP contribution in [0.3, 0.4) is 0 Å². The number of carbonyl (C=O) groups excluding carboxylic acids is 2. The summed E-state index contributed by atoms with van der Waals surface area (Å²) in [5, 5.41) is 5.42. The minimum Gasteiger partial charge on any atom is -0.497 e. The summed E-state index contributed by atoms with van der Waals surface area (Å²) in [5.74, 6) is 1.52. The van der Waals surface area contributed by atoms with Gasteiger partial charge in [-0.15, -0.1) is 11.8 Å². The van der Waals surface area contributed by atoms with E-state index in [9.17, 15) is 9.59 Å². The highest BCUT2D eigenvalue weighted by Crippen LogP contribution is 2.34. The molecule has 3 aromatic rings. The fourth-order valence-corrected chi connectivity index (χ4v) is 4.02. The molecule has 8 heteroatoms. The van der Waals surface area contributed by atoms with E-state index in [0.717, 1.165) is 4.90 Å². The number of benzene rings is 3. The Morgan fingerprint density at radius 3 is 2.56 bits per heavy atom. The Kier molecular flexibility index (Phi) is 6.51. The second-order valence-electron chi connectivity index (χ2n) is 7.03. The molecule has 164 valence electrons. The average Bonchev–Trinajstić information content (AvgIpc) is 3.27. The molecule has 4 rings (SSSR count). The Labute approximate surface area is 190 Å². The fourth-order valence-electron chi connectivity index (χ4n) is 3.09. The van der Waals surface area contributed by atoms with Gasteiger partial charge < -0.3 is 24.8 Å². The summed E-state index contributed by atoms with van der Waals surface area (Å²) in [6, 6.07) is 19.6. The van der Waals surface area contributed by atoms with Gasteiger partial charge in [-0.3, -0.25) is 9.59 Å². The lowest BCUT2D eigenvalue weighted by Gasteiger charge is -2.13. The van der Waals surface area contributed by atoms with Gasteiger partial charge in [0.15, 0.2) is 11.5 Å². The topological polar surface area (TPSA) is 85.9 Å². The van der Waals surface area contributed by atoms with Crippen LogP contribution < -0.4 is 24.8 Å². The zero-order chi connectivity index (χ0) is 22.5. The monoisotopic (exact) mass is 450 g/mol. The van der Waals surface area contributed by atoms with Gasteiger partial charge in [0.1, 0.15) is 5.75 Å². The first kappa shape index (κ1) is 21.6. The molecule has 0 aliphatic carbocycles. The van der Waals surface area contributed by atoms with E-state index in [0.29, 0.717) is 34.2 Å². The molecule has 0 bridgehead atoms. The lowest BCUT2D eigenvalue weighted by molar-refractivity contribution is -0.115. The third-order valence-corrected chi connectivity index (χ3v) is 5.84. The molecule has 3 aromatic carbocycles. The van der Waals surface area contributed by atoms with Crippen molar-refractivity contribution >= 4 is 35.0 Å². The van der Waals surface area contributed by atoms with Crippen molar-refractivity contribution in [3.63, 3.8) is 0 Å². The molecule has 0 aromatic heterocycles. The van der Waals surface area contributed by atoms with Crippen LogP contribution in [-0.2, 0) is 4.79 Å². The maximum atomic E-state index is 12.6. The Hall–Kier alpha value is -3.65. The molecular weight excluding hydrogens is 428 g/mol. The molecule has 1 heterocycles. The smallest absolute Gasteiger partial charge is 0.255 e. The third-order valence-electron chi connectivity index (χ3n) is 4.75. The number of thioether (sulfide) groups is 1. The Bertz CT molecular complexity index is 1150. The summed E-state index contributed by atoms with van der Waals surface area (Å²) in [6.45, 7) is 2.01. The van der Waals surface area contributed by atoms with Gasteiger partial charge in [0.05, 0.1) is 12.4 Å². The standard InChI is InChI=1S/C24H22N2O5S/c1-15(23(27)25-18-9-10-21-22(13-18)31-14-30-21)32-20-8-4-6-17(12-20)26-24(28)16-5-3-7-19(11-16)29-2/h3-13,15H,14H2,1-2H3,(H,25,27)(H,26,28). The van der Waals surface area contributed by atoms with E-state index in [1.165, 1.54) is 11.8 Å². The van der Waals surface area contributed by atoms with Crippen molar-refractivity contribution in [2.24, 2.45) is 0 Å². The highest BCUT2D eigenvalue weighted by atomic mass is 32.2. The fraction of sp³-hybridized carbons (Fsp3) is 0.167. The van der Waals surface area contributed by atoms with E-state index in [1.54, 1.807) is 55.6 Å². The number of anilines is 2. The van der Waals surface area contributed by atoms with Crippen LogP contribution in [0, 0.1) is 0 Å². The van der Waals surface area contributed by atoms with E-state index in [4.69, 9.17) is 14.2 Å². The molecule has 2 amide bonds. The summed E-state index contributed by atoms with van der Waals surface area (Å²) in [4.78, 5) is 26.1. The largest absolute Gasteiger partial charge is 0.497 e. The second-order valence-corrected chi connectivity index (χ2v) is 8.45. The van der Waals surface area contributed by atoms with Crippen molar-refractivity contribution in [1.29, 1.82) is 0 Å². The Morgan fingerprint density at radius 1 is 0.938 bits per heavy atom. The van der Waals surface area contributed by atoms with Crippen LogP contribution in [0.1, 0.15) is 17.3 Å². The van der Waals surface area contributed by atoms with E-state index >= 15 is 0 Å². The van der Waals surface area contributed by atoms with Gasteiger partial charge >= 0.3 is 0 Å². The van der Waals surface area contributed by atoms with Crippen LogP contribution >= 0.6 is 11.8 Å². The zero-order valence-electron chi connectivity index (χ0n) is 17.6. The SMILES string of the molecule is COc1cccc(C(=O)Nc2cccc(SC(C)C(=O)Nc3ccc4c(c3)OCO4)c2)c1. The van der Waals surface area contributed by atoms with Crippen LogP contribution in [0.4, 0.5) is 11.4 Å². The summed E-state index contributed by atoms with van der Waals surface area (Å²) in [6.07, 6.45) is 0. The van der Waals surface area contributed by atoms with Gasteiger partial charge in [0, 0.05) is 27.9 Å². The molecule has 0 saturated heterocycles. The van der Waals surface area contributed by atoms with E-state index in [-0.39, 0.29) is 23.9 Å². The van der Waals surface area contributed by atoms with E-state index < -0.39 is 0 Å². The third kappa shape index (κ3) is 5.15. The molecule has 1 aliphatic rings. The lowest BCUT2D eigenvalue weighted by Crippen LogP contribution is -2.22. The van der Waals surface area contributed by atoms with Crippen LogP contribution in [0.2, 0.25) is 0 Å². The molecule has 1 unspecified atom stereocenters. The van der Waals surface area contributed by atoms with Crippen molar-refractivity contribution in [2.75, 3.05) is 24.5 Å². The summed E-state index contributed by atoms with van der Waals surface area (Å²) >= 11 is 1.40. The predicted octanol–water partition coefficient (Wildman–Crippen LogP) is 4.80. The first-order valence-electron chi connectivity index (χ1n) is 9.94. The molecule has 7 nitrogen and oxygen atoms in total. The maximum Gasteiger partial charge on any atom is 0.255 e. The van der Waals surface area contributed by atoms with E-state index in [2.05, 4.69) is 10.6 Å². The van der Waals surface area contributed by atoms with Gasteiger partial charge in [-0.05, 0) is 55.5 Å². The van der Waals surface area contributed by atoms with E-state index in [1.807, 2.05) is 25.1 Å². The Morgan fingerprint density at radius 2 is 1.72 bits per heavy atom. The van der Waals surface area contributed by atoms with Crippen molar-refractivity contribution < 1.29 is 23.8 Å². The van der Waals surface area contributed by atoms with Gasteiger partial charge in [-0.2, -0.15) is 0 Å². The van der Waals surface area contributed by atoms with Crippen molar-refractivity contribution in [3.05, 3.63) is 72.3 Å². The molecule has 1 aliphatic heterocycles. The predicted molar refractivity (Wildman–Crippen MR) is 124 cm³/mol. The molecule has 0 fully saturated rings. The van der Waals surface area contributed by atoms with Crippen LogP contribution in [0.15, 0.2) is 71.6 Å². The van der Waals surface area contributed by atoms with Crippen LogP contribution in [-0.4, -0.2) is 31.0 Å². The number of rotatable bonds is 7. The first-order valence-corrected chi connectivity index (χ1v) is 10.8. The first-order chi connectivity index (χ1) is 15.5. The van der Waals surface area contributed by atoms with Gasteiger partial charge in [0.2, 0.25) is 12.7 Å². The number of hydrogen-bond acceptors (Lipinski definition) is 6.